The Labute approximate surface area is 116 Å². The van der Waals surface area contributed by atoms with E-state index in [4.69, 9.17) is 4.74 Å². The summed E-state index contributed by atoms with van der Waals surface area (Å²) in [5.74, 6) is 0.817. The molecule has 106 valence electrons. The van der Waals surface area contributed by atoms with Crippen LogP contribution in [-0.4, -0.2) is 43.4 Å². The van der Waals surface area contributed by atoms with E-state index in [0.717, 1.165) is 31.2 Å². The molecule has 1 aliphatic rings. The lowest BCUT2D eigenvalue weighted by Gasteiger charge is -2.29. The smallest absolute Gasteiger partial charge is 0.0994 e. The molecule has 3 heteroatoms. The van der Waals surface area contributed by atoms with Crippen molar-refractivity contribution < 1.29 is 9.84 Å². The van der Waals surface area contributed by atoms with Crippen LogP contribution < -0.4 is 0 Å². The molecule has 0 heterocycles. The van der Waals surface area contributed by atoms with Crippen LogP contribution in [0, 0.1) is 5.92 Å². The molecule has 1 saturated carbocycles. The Kier molecular flexibility index (Phi) is 4.97. The normalized spacial score (nSPS) is 18.5. The van der Waals surface area contributed by atoms with Gasteiger partial charge in [-0.05, 0) is 38.3 Å². The van der Waals surface area contributed by atoms with Gasteiger partial charge in [0.25, 0.3) is 0 Å². The predicted molar refractivity (Wildman–Crippen MR) is 77.1 cm³/mol. The molecule has 1 aromatic rings. The Hall–Kier alpha value is -0.900. The Morgan fingerprint density at radius 2 is 2.00 bits per heavy atom. The summed E-state index contributed by atoms with van der Waals surface area (Å²) in [7, 11) is 2.03. The highest BCUT2D eigenvalue weighted by Crippen LogP contribution is 2.28. The van der Waals surface area contributed by atoms with Crippen molar-refractivity contribution in [3.63, 3.8) is 0 Å². The molecule has 0 aromatic heterocycles. The Bertz CT molecular complexity index is 374. The van der Waals surface area contributed by atoms with Crippen molar-refractivity contribution >= 4 is 0 Å². The Balaban J connectivity index is 1.71. The first kappa shape index (κ1) is 14.5. The number of aliphatic hydroxyl groups is 1. The zero-order chi connectivity index (χ0) is 13.7. The molecule has 0 saturated heterocycles. The van der Waals surface area contributed by atoms with Crippen LogP contribution in [0.2, 0.25) is 0 Å². The van der Waals surface area contributed by atoms with Crippen LogP contribution in [0.4, 0.5) is 0 Å². The van der Waals surface area contributed by atoms with Gasteiger partial charge in [0.2, 0.25) is 0 Å². The molecule has 2 rings (SSSR count). The van der Waals surface area contributed by atoms with E-state index >= 15 is 0 Å². The number of rotatable bonds is 8. The van der Waals surface area contributed by atoms with Gasteiger partial charge in [-0.2, -0.15) is 0 Å². The van der Waals surface area contributed by atoms with E-state index in [-0.39, 0.29) is 0 Å². The number of hydrogen-bond acceptors (Lipinski definition) is 3. The van der Waals surface area contributed by atoms with E-state index in [0.29, 0.717) is 6.54 Å². The molecule has 1 aromatic carbocycles. The minimum Gasteiger partial charge on any atom is -0.384 e. The van der Waals surface area contributed by atoms with Gasteiger partial charge >= 0.3 is 0 Å². The van der Waals surface area contributed by atoms with Gasteiger partial charge in [0, 0.05) is 19.7 Å². The molecule has 1 aliphatic carbocycles. The number of benzene rings is 1. The highest BCUT2D eigenvalue weighted by atomic mass is 16.5. The van der Waals surface area contributed by atoms with Crippen molar-refractivity contribution in [1.82, 2.24) is 4.90 Å². The maximum absolute atomic E-state index is 10.5. The van der Waals surface area contributed by atoms with E-state index in [1.54, 1.807) is 0 Å². The summed E-state index contributed by atoms with van der Waals surface area (Å²) in [6.07, 6.45) is 2.66. The molecule has 1 atom stereocenters. The molecule has 3 nitrogen and oxygen atoms in total. The molecule has 0 aliphatic heterocycles. The number of nitrogens with zero attached hydrogens (tertiary/aromatic N) is 1. The van der Waals surface area contributed by atoms with Crippen molar-refractivity contribution in [1.29, 1.82) is 0 Å². The second-order valence-corrected chi connectivity index (χ2v) is 5.90. The van der Waals surface area contributed by atoms with Gasteiger partial charge in [-0.25, -0.2) is 0 Å². The molecule has 1 N–H and O–H groups in total. The summed E-state index contributed by atoms with van der Waals surface area (Å²) in [5.41, 5.74) is 0.146. The first-order chi connectivity index (χ1) is 9.08. The summed E-state index contributed by atoms with van der Waals surface area (Å²) in [4.78, 5) is 2.12. The van der Waals surface area contributed by atoms with Gasteiger partial charge in [-0.15, -0.1) is 0 Å². The number of likely N-dealkylation sites (N-methyl/N-ethyl adjacent to an activating group) is 1. The first-order valence-electron chi connectivity index (χ1n) is 7.12. The average Bonchev–Trinajstić information content (AvgIpc) is 3.19. The maximum atomic E-state index is 10.5. The van der Waals surface area contributed by atoms with Crippen LogP contribution in [0.3, 0.4) is 0 Å². The summed E-state index contributed by atoms with van der Waals surface area (Å²) >= 11 is 0. The van der Waals surface area contributed by atoms with E-state index in [2.05, 4.69) is 4.90 Å². The van der Waals surface area contributed by atoms with Crippen LogP contribution in [0.1, 0.15) is 25.3 Å². The van der Waals surface area contributed by atoms with Gasteiger partial charge in [-0.3, -0.25) is 0 Å². The van der Waals surface area contributed by atoms with Crippen molar-refractivity contribution in [2.45, 2.75) is 25.4 Å². The lowest BCUT2D eigenvalue weighted by Crippen LogP contribution is -2.38. The summed E-state index contributed by atoms with van der Waals surface area (Å²) < 4.78 is 5.63. The predicted octanol–water partition coefficient (Wildman–Crippen LogP) is 2.25. The average molecular weight is 263 g/mol. The Morgan fingerprint density at radius 1 is 1.32 bits per heavy atom. The van der Waals surface area contributed by atoms with Crippen molar-refractivity contribution in [2.24, 2.45) is 5.92 Å². The van der Waals surface area contributed by atoms with Crippen LogP contribution in [0.15, 0.2) is 30.3 Å². The number of ether oxygens (including phenoxy) is 1. The molecule has 1 unspecified atom stereocenters. The quantitative estimate of drug-likeness (QED) is 0.730. The van der Waals surface area contributed by atoms with Crippen molar-refractivity contribution in [3.05, 3.63) is 35.9 Å². The molecule has 0 radical (unpaired) electrons. The fourth-order valence-corrected chi connectivity index (χ4v) is 2.25. The third-order valence-electron chi connectivity index (χ3n) is 3.64. The second-order valence-electron chi connectivity index (χ2n) is 5.90. The maximum Gasteiger partial charge on any atom is 0.0994 e. The van der Waals surface area contributed by atoms with Crippen molar-refractivity contribution in [3.8, 4) is 0 Å². The topological polar surface area (TPSA) is 32.7 Å². The zero-order valence-electron chi connectivity index (χ0n) is 12.0. The molecule has 0 spiro atoms. The van der Waals surface area contributed by atoms with Crippen LogP contribution in [-0.2, 0) is 10.3 Å². The summed E-state index contributed by atoms with van der Waals surface area (Å²) in [6, 6.07) is 9.83. The van der Waals surface area contributed by atoms with Crippen molar-refractivity contribution in [2.75, 3.05) is 33.4 Å². The lowest BCUT2D eigenvalue weighted by atomic mass is 9.95. The van der Waals surface area contributed by atoms with Gasteiger partial charge in [0.05, 0.1) is 12.2 Å². The standard InChI is InChI=1S/C16H25NO2/c1-16(18,15-6-4-3-5-7-15)13-17(2)10-11-19-12-14-8-9-14/h3-7,14,18H,8-13H2,1-2H3. The molecular formula is C16H25NO2. The fourth-order valence-electron chi connectivity index (χ4n) is 2.25. The second kappa shape index (κ2) is 6.51. The van der Waals surface area contributed by atoms with E-state index in [1.807, 2.05) is 44.3 Å². The molecule has 0 amide bonds. The van der Waals surface area contributed by atoms with Gasteiger partial charge < -0.3 is 14.7 Å². The summed E-state index contributed by atoms with van der Waals surface area (Å²) in [6.45, 7) is 4.99. The fraction of sp³-hybridized carbons (Fsp3) is 0.625. The van der Waals surface area contributed by atoms with E-state index < -0.39 is 5.60 Å². The largest absolute Gasteiger partial charge is 0.384 e. The highest BCUT2D eigenvalue weighted by Gasteiger charge is 2.25. The third-order valence-corrected chi connectivity index (χ3v) is 3.64. The van der Waals surface area contributed by atoms with Gasteiger partial charge in [0.1, 0.15) is 0 Å². The Morgan fingerprint density at radius 3 is 2.63 bits per heavy atom. The monoisotopic (exact) mass is 263 g/mol. The molecular weight excluding hydrogens is 238 g/mol. The number of hydrogen-bond donors (Lipinski definition) is 1. The molecule has 19 heavy (non-hydrogen) atoms. The third kappa shape index (κ3) is 4.94. The molecule has 1 fully saturated rings. The summed E-state index contributed by atoms with van der Waals surface area (Å²) in [5, 5.41) is 10.5. The molecule has 0 bridgehead atoms. The van der Waals surface area contributed by atoms with E-state index in [9.17, 15) is 5.11 Å². The zero-order valence-corrected chi connectivity index (χ0v) is 12.0. The SMILES string of the molecule is CN(CCOCC1CC1)CC(C)(O)c1ccccc1. The van der Waals surface area contributed by atoms with Crippen LogP contribution in [0.25, 0.3) is 0 Å². The first-order valence-corrected chi connectivity index (χ1v) is 7.12. The van der Waals surface area contributed by atoms with Crippen LogP contribution >= 0.6 is 0 Å². The van der Waals surface area contributed by atoms with E-state index in [1.165, 1.54) is 12.8 Å². The minimum absolute atomic E-state index is 0.615. The highest BCUT2D eigenvalue weighted by molar-refractivity contribution is 5.21. The lowest BCUT2D eigenvalue weighted by molar-refractivity contribution is 0.0135. The van der Waals surface area contributed by atoms with Crippen LogP contribution in [0.5, 0.6) is 0 Å². The minimum atomic E-state index is -0.813. The van der Waals surface area contributed by atoms with Gasteiger partial charge in [-0.1, -0.05) is 30.3 Å². The van der Waals surface area contributed by atoms with Gasteiger partial charge in [0.15, 0.2) is 0 Å².